The van der Waals surface area contributed by atoms with Gasteiger partial charge in [-0.1, -0.05) is 49.2 Å². The quantitative estimate of drug-likeness (QED) is 0.574. The summed E-state index contributed by atoms with van der Waals surface area (Å²) >= 11 is 6.52. The topological polar surface area (TPSA) is 99.4 Å². The molecule has 1 saturated heterocycles. The average molecular weight is 435 g/mol. The van der Waals surface area contributed by atoms with E-state index in [1.54, 1.807) is 6.07 Å². The van der Waals surface area contributed by atoms with E-state index in [9.17, 15) is 20.4 Å². The summed E-state index contributed by atoms with van der Waals surface area (Å²) in [5, 5.41) is 41.3. The van der Waals surface area contributed by atoms with E-state index in [1.807, 2.05) is 6.07 Å². The van der Waals surface area contributed by atoms with Crippen molar-refractivity contribution in [3.05, 3.63) is 69.2 Å². The van der Waals surface area contributed by atoms with Gasteiger partial charge in [0.05, 0.1) is 13.2 Å². The van der Waals surface area contributed by atoms with Gasteiger partial charge in [0, 0.05) is 10.6 Å². The van der Waals surface area contributed by atoms with Crippen molar-refractivity contribution in [3.63, 3.8) is 0 Å². The summed E-state index contributed by atoms with van der Waals surface area (Å²) in [6, 6.07) is 12.0. The van der Waals surface area contributed by atoms with Crippen molar-refractivity contribution in [1.29, 1.82) is 0 Å². The van der Waals surface area contributed by atoms with Gasteiger partial charge in [-0.05, 0) is 47.2 Å². The van der Waals surface area contributed by atoms with Crippen molar-refractivity contribution in [2.24, 2.45) is 0 Å². The molecule has 1 unspecified atom stereocenters. The first-order valence-electron chi connectivity index (χ1n) is 10.3. The lowest BCUT2D eigenvalue weighted by molar-refractivity contribution is -0.368. The van der Waals surface area contributed by atoms with E-state index in [4.69, 9.17) is 21.1 Å². The molecule has 4 rings (SSSR count). The predicted octanol–water partition coefficient (Wildman–Crippen LogP) is 2.04. The molecule has 0 bridgehead atoms. The highest BCUT2D eigenvalue weighted by Gasteiger charge is 2.58. The lowest BCUT2D eigenvalue weighted by atomic mass is 9.86. The molecule has 5 atom stereocenters. The minimum Gasteiger partial charge on any atom is -0.394 e. The summed E-state index contributed by atoms with van der Waals surface area (Å²) in [5.74, 6) is -1.66. The summed E-state index contributed by atoms with van der Waals surface area (Å²) < 4.78 is 11.6. The van der Waals surface area contributed by atoms with Crippen LogP contribution in [0.3, 0.4) is 0 Å². The molecule has 4 N–H and O–H groups in total. The van der Waals surface area contributed by atoms with Gasteiger partial charge in [-0.2, -0.15) is 0 Å². The number of hydrogen-bond acceptors (Lipinski definition) is 6. The Hall–Kier alpha value is -1.51. The molecule has 2 aromatic rings. The SMILES string of the molecule is CCCc1ccc(Cc2cc3c(cc2Cl)COC32O[C@H](CO)[C@@H](O)[C@H](O)[C@H]2O)cc1. The summed E-state index contributed by atoms with van der Waals surface area (Å²) in [6.45, 7) is 1.77. The highest BCUT2D eigenvalue weighted by molar-refractivity contribution is 6.31. The molecule has 7 heteroatoms. The number of ether oxygens (including phenoxy) is 2. The Morgan fingerprint density at radius 3 is 2.43 bits per heavy atom. The molecule has 162 valence electrons. The van der Waals surface area contributed by atoms with E-state index >= 15 is 0 Å². The Balaban J connectivity index is 1.67. The van der Waals surface area contributed by atoms with Crippen LogP contribution in [0.5, 0.6) is 0 Å². The number of rotatable bonds is 5. The van der Waals surface area contributed by atoms with Gasteiger partial charge in [0.15, 0.2) is 0 Å². The van der Waals surface area contributed by atoms with Crippen LogP contribution in [0.2, 0.25) is 5.02 Å². The molecule has 0 amide bonds. The third-order valence-corrected chi connectivity index (χ3v) is 6.35. The van der Waals surface area contributed by atoms with Gasteiger partial charge in [-0.3, -0.25) is 0 Å². The predicted molar refractivity (Wildman–Crippen MR) is 111 cm³/mol. The van der Waals surface area contributed by atoms with Crippen molar-refractivity contribution < 1.29 is 29.9 Å². The van der Waals surface area contributed by atoms with Crippen molar-refractivity contribution in [2.45, 2.75) is 63.0 Å². The lowest BCUT2D eigenvalue weighted by Crippen LogP contribution is -2.63. The van der Waals surface area contributed by atoms with Gasteiger partial charge < -0.3 is 29.9 Å². The second-order valence-corrected chi connectivity index (χ2v) is 8.47. The van der Waals surface area contributed by atoms with Gasteiger partial charge in [-0.25, -0.2) is 0 Å². The second-order valence-electron chi connectivity index (χ2n) is 8.07. The first-order valence-corrected chi connectivity index (χ1v) is 10.6. The number of aliphatic hydroxyl groups excluding tert-OH is 4. The maximum absolute atomic E-state index is 10.7. The Morgan fingerprint density at radius 1 is 1.07 bits per heavy atom. The van der Waals surface area contributed by atoms with Gasteiger partial charge in [-0.15, -0.1) is 0 Å². The minimum absolute atomic E-state index is 0.138. The highest BCUT2D eigenvalue weighted by atomic mass is 35.5. The Bertz CT molecular complexity index is 899. The third kappa shape index (κ3) is 3.67. The molecule has 0 aromatic heterocycles. The van der Waals surface area contributed by atoms with Crippen LogP contribution < -0.4 is 0 Å². The standard InChI is InChI=1S/C23H27ClO6/c1-2-3-13-4-6-14(7-5-13)8-15-9-17-16(10-18(15)24)12-29-23(17)22(28)21(27)20(26)19(11-25)30-23/h4-7,9-10,19-22,25-28H,2-3,8,11-12H2,1H3/t19-,20-,21+,22-,23?/m1/s1. The Kier molecular flexibility index (Phi) is 6.19. The zero-order valence-corrected chi connectivity index (χ0v) is 17.5. The van der Waals surface area contributed by atoms with Crippen LogP contribution >= 0.6 is 11.6 Å². The maximum Gasteiger partial charge on any atom is 0.225 e. The first kappa shape index (κ1) is 21.7. The van der Waals surface area contributed by atoms with E-state index < -0.39 is 36.8 Å². The van der Waals surface area contributed by atoms with Gasteiger partial charge >= 0.3 is 0 Å². The molecule has 6 nitrogen and oxygen atoms in total. The maximum atomic E-state index is 10.7. The molecule has 30 heavy (non-hydrogen) atoms. The Labute approximate surface area is 180 Å². The molecule has 0 saturated carbocycles. The molecule has 2 aliphatic rings. The van der Waals surface area contributed by atoms with E-state index in [2.05, 4.69) is 31.2 Å². The van der Waals surface area contributed by atoms with Gasteiger partial charge in [0.25, 0.3) is 0 Å². The van der Waals surface area contributed by atoms with Crippen molar-refractivity contribution >= 4 is 11.6 Å². The van der Waals surface area contributed by atoms with E-state index in [0.29, 0.717) is 17.0 Å². The van der Waals surface area contributed by atoms with E-state index in [1.165, 1.54) is 5.56 Å². The first-order chi connectivity index (χ1) is 14.4. The largest absolute Gasteiger partial charge is 0.394 e. The summed E-state index contributed by atoms with van der Waals surface area (Å²) in [7, 11) is 0. The molecule has 0 radical (unpaired) electrons. The molecule has 2 aromatic carbocycles. The van der Waals surface area contributed by atoms with Crippen LogP contribution in [0.4, 0.5) is 0 Å². The van der Waals surface area contributed by atoms with Crippen molar-refractivity contribution in [1.82, 2.24) is 0 Å². The summed E-state index contributed by atoms with van der Waals surface area (Å²) in [5.41, 5.74) is 4.51. The number of halogens is 1. The van der Waals surface area contributed by atoms with E-state index in [0.717, 1.165) is 29.5 Å². The molecule has 1 spiro atoms. The van der Waals surface area contributed by atoms with E-state index in [-0.39, 0.29) is 6.61 Å². The fourth-order valence-electron chi connectivity index (χ4n) is 4.32. The molecule has 1 fully saturated rings. The molecular weight excluding hydrogens is 408 g/mol. The third-order valence-electron chi connectivity index (χ3n) is 6.00. The van der Waals surface area contributed by atoms with Gasteiger partial charge in [0.2, 0.25) is 5.79 Å². The number of benzene rings is 2. The fraction of sp³-hybridized carbons (Fsp3) is 0.478. The molecule has 2 heterocycles. The molecular formula is C23H27ClO6. The average Bonchev–Trinajstić information content (AvgIpc) is 3.09. The normalized spacial score (nSPS) is 30.6. The minimum atomic E-state index is -1.66. The van der Waals surface area contributed by atoms with Crippen LogP contribution in [0, 0.1) is 0 Å². The zero-order valence-electron chi connectivity index (χ0n) is 16.8. The number of fused-ring (bicyclic) bond motifs is 2. The molecule has 0 aliphatic carbocycles. The van der Waals surface area contributed by atoms with Crippen LogP contribution in [-0.2, 0) is 34.7 Å². The zero-order chi connectivity index (χ0) is 21.5. The van der Waals surface area contributed by atoms with Crippen LogP contribution in [0.1, 0.15) is 41.2 Å². The Morgan fingerprint density at radius 2 is 1.77 bits per heavy atom. The second kappa shape index (κ2) is 8.55. The van der Waals surface area contributed by atoms with Crippen LogP contribution in [0.15, 0.2) is 36.4 Å². The molecule has 2 aliphatic heterocycles. The van der Waals surface area contributed by atoms with Gasteiger partial charge in [0.1, 0.15) is 24.4 Å². The smallest absolute Gasteiger partial charge is 0.225 e. The monoisotopic (exact) mass is 434 g/mol. The van der Waals surface area contributed by atoms with Crippen LogP contribution in [-0.4, -0.2) is 51.4 Å². The summed E-state index contributed by atoms with van der Waals surface area (Å²) in [6.07, 6.45) is -2.83. The van der Waals surface area contributed by atoms with Crippen LogP contribution in [0.25, 0.3) is 0 Å². The number of aliphatic hydroxyl groups is 4. The lowest BCUT2D eigenvalue weighted by Gasteiger charge is -2.46. The highest BCUT2D eigenvalue weighted by Crippen LogP contribution is 2.47. The number of hydrogen-bond donors (Lipinski definition) is 4. The van der Waals surface area contributed by atoms with Crippen molar-refractivity contribution in [3.8, 4) is 0 Å². The summed E-state index contributed by atoms with van der Waals surface area (Å²) in [4.78, 5) is 0. The fourth-order valence-corrected chi connectivity index (χ4v) is 4.57. The number of aryl methyl sites for hydroxylation is 1. The van der Waals surface area contributed by atoms with Crippen molar-refractivity contribution in [2.75, 3.05) is 6.61 Å².